The number of primary amides is 1. The summed E-state index contributed by atoms with van der Waals surface area (Å²) in [6.45, 7) is 0.952. The highest BCUT2D eigenvalue weighted by Gasteiger charge is 2.36. The van der Waals surface area contributed by atoms with Crippen LogP contribution in [0.15, 0.2) is 66.7 Å². The molecule has 0 bridgehead atoms. The summed E-state index contributed by atoms with van der Waals surface area (Å²) in [4.78, 5) is 40.2. The van der Waals surface area contributed by atoms with Gasteiger partial charge in [-0.25, -0.2) is 4.79 Å². The number of piperazine rings is 1. The molecule has 3 aromatic rings. The molecule has 37 heavy (non-hydrogen) atoms. The topological polar surface area (TPSA) is 119 Å². The minimum absolute atomic E-state index is 0.136. The molecule has 0 saturated carbocycles. The lowest BCUT2D eigenvalue weighted by atomic mass is 10.1. The molecular formula is C25H22F3N5O4. The average molecular weight is 513 g/mol. The summed E-state index contributed by atoms with van der Waals surface area (Å²) < 4.78 is 45.1. The second-order valence-corrected chi connectivity index (χ2v) is 8.20. The van der Waals surface area contributed by atoms with Gasteiger partial charge in [0.25, 0.3) is 11.8 Å². The Morgan fingerprint density at radius 2 is 1.51 bits per heavy atom. The van der Waals surface area contributed by atoms with E-state index in [0.29, 0.717) is 24.5 Å². The largest absolute Gasteiger partial charge is 0.443 e. The molecule has 12 heteroatoms. The Bertz CT molecular complexity index is 1280. The van der Waals surface area contributed by atoms with Gasteiger partial charge in [-0.3, -0.25) is 9.59 Å². The maximum Gasteiger partial charge on any atom is 0.417 e. The number of alkyl halides is 3. The highest BCUT2D eigenvalue weighted by Crippen LogP contribution is 2.32. The fourth-order valence-electron chi connectivity index (χ4n) is 3.91. The minimum Gasteiger partial charge on any atom is -0.443 e. The van der Waals surface area contributed by atoms with Crippen LogP contribution in [-0.2, 0) is 15.7 Å². The molecule has 0 radical (unpaired) electrons. The van der Waals surface area contributed by atoms with Gasteiger partial charge in [-0.2, -0.15) is 13.2 Å². The number of rotatable bonds is 6. The molecule has 192 valence electrons. The van der Waals surface area contributed by atoms with Crippen molar-refractivity contribution in [3.05, 3.63) is 89.1 Å². The molecule has 2 heterocycles. The first-order valence-corrected chi connectivity index (χ1v) is 11.2. The Hall–Kier alpha value is -4.48. The Balaban J connectivity index is 1.38. The van der Waals surface area contributed by atoms with Crippen LogP contribution in [0.2, 0.25) is 0 Å². The van der Waals surface area contributed by atoms with Gasteiger partial charge in [-0.1, -0.05) is 42.5 Å². The molecule has 0 spiro atoms. The lowest BCUT2D eigenvalue weighted by Gasteiger charge is -2.35. The molecule has 1 unspecified atom stereocenters. The van der Waals surface area contributed by atoms with Crippen molar-refractivity contribution in [1.29, 1.82) is 0 Å². The lowest BCUT2D eigenvalue weighted by molar-refractivity contribution is -0.138. The number of hydrogen-bond acceptors (Lipinski definition) is 7. The van der Waals surface area contributed by atoms with Crippen molar-refractivity contribution in [2.24, 2.45) is 5.73 Å². The van der Waals surface area contributed by atoms with Crippen LogP contribution in [0.5, 0.6) is 0 Å². The number of carbonyl (C=O) groups excluding carboxylic acids is 3. The van der Waals surface area contributed by atoms with E-state index in [4.69, 9.17) is 10.5 Å². The quantitative estimate of drug-likeness (QED) is 0.504. The van der Waals surface area contributed by atoms with Gasteiger partial charge in [-0.15, -0.1) is 10.2 Å². The minimum atomic E-state index is -4.63. The van der Waals surface area contributed by atoms with Crippen LogP contribution in [0.1, 0.15) is 38.1 Å². The van der Waals surface area contributed by atoms with Crippen LogP contribution in [0.3, 0.4) is 0 Å². The number of nitrogens with two attached hydrogens (primary N) is 1. The number of anilines is 1. The van der Waals surface area contributed by atoms with Crippen molar-refractivity contribution in [3.63, 3.8) is 0 Å². The molecule has 1 aliphatic rings. The summed E-state index contributed by atoms with van der Waals surface area (Å²) in [6.07, 6.45) is -5.92. The van der Waals surface area contributed by atoms with E-state index in [1.165, 1.54) is 35.2 Å². The normalized spacial score (nSPS) is 14.7. The smallest absolute Gasteiger partial charge is 0.417 e. The van der Waals surface area contributed by atoms with Crippen LogP contribution >= 0.6 is 0 Å². The Morgan fingerprint density at radius 3 is 2.11 bits per heavy atom. The predicted molar refractivity (Wildman–Crippen MR) is 125 cm³/mol. The number of esters is 1. The second-order valence-electron chi connectivity index (χ2n) is 8.20. The van der Waals surface area contributed by atoms with Gasteiger partial charge in [0.1, 0.15) is 0 Å². The molecule has 0 aliphatic carbocycles. The van der Waals surface area contributed by atoms with Crippen molar-refractivity contribution in [2.45, 2.75) is 12.3 Å². The number of amides is 2. The van der Waals surface area contributed by atoms with Gasteiger partial charge >= 0.3 is 12.1 Å². The fourth-order valence-corrected chi connectivity index (χ4v) is 3.91. The Kier molecular flexibility index (Phi) is 7.37. The fraction of sp³-hybridized carbons (Fsp3) is 0.240. The maximum absolute atomic E-state index is 13.3. The van der Waals surface area contributed by atoms with Crippen molar-refractivity contribution >= 4 is 23.6 Å². The summed E-state index contributed by atoms with van der Waals surface area (Å²) in [6, 6.07) is 15.9. The number of aromatic nitrogens is 2. The number of ether oxygens (including phenoxy) is 1. The molecule has 1 fully saturated rings. The standard InChI is InChI=1S/C25H22F3N5O4/c26-25(27,28)18-9-5-4-8-17(18)23(35)33-14-12-32(13-15-33)20-11-10-19(30-31-20)24(36)37-21(22(29)34)16-6-2-1-3-7-16/h1-11,21H,12-15H2,(H2,29,34). The van der Waals surface area contributed by atoms with Gasteiger partial charge in [0, 0.05) is 31.7 Å². The summed E-state index contributed by atoms with van der Waals surface area (Å²) in [5.74, 6) is -2.01. The van der Waals surface area contributed by atoms with E-state index in [9.17, 15) is 27.6 Å². The third-order valence-corrected chi connectivity index (χ3v) is 5.80. The highest BCUT2D eigenvalue weighted by molar-refractivity contribution is 5.96. The number of hydrogen-bond donors (Lipinski definition) is 1. The van der Waals surface area contributed by atoms with E-state index in [1.54, 1.807) is 35.2 Å². The third kappa shape index (κ3) is 5.85. The van der Waals surface area contributed by atoms with E-state index >= 15 is 0 Å². The van der Waals surface area contributed by atoms with Crippen molar-refractivity contribution in [1.82, 2.24) is 15.1 Å². The van der Waals surface area contributed by atoms with Gasteiger partial charge < -0.3 is 20.3 Å². The van der Waals surface area contributed by atoms with Crippen molar-refractivity contribution in [3.8, 4) is 0 Å². The number of halogens is 3. The maximum atomic E-state index is 13.3. The molecule has 1 aromatic heterocycles. The van der Waals surface area contributed by atoms with E-state index in [1.807, 2.05) is 0 Å². The molecule has 4 rings (SSSR count). The summed E-state index contributed by atoms with van der Waals surface area (Å²) in [7, 11) is 0. The monoisotopic (exact) mass is 513 g/mol. The molecule has 1 saturated heterocycles. The average Bonchev–Trinajstić information content (AvgIpc) is 2.91. The number of benzene rings is 2. The van der Waals surface area contributed by atoms with E-state index in [-0.39, 0.29) is 18.8 Å². The summed E-state index contributed by atoms with van der Waals surface area (Å²) in [5.41, 5.74) is 4.29. The van der Waals surface area contributed by atoms with Gasteiger partial charge in [0.15, 0.2) is 11.5 Å². The zero-order valence-electron chi connectivity index (χ0n) is 19.4. The molecular weight excluding hydrogens is 491 g/mol. The van der Waals surface area contributed by atoms with Gasteiger partial charge in [0.2, 0.25) is 6.10 Å². The first-order chi connectivity index (χ1) is 17.6. The highest BCUT2D eigenvalue weighted by atomic mass is 19.4. The molecule has 9 nitrogen and oxygen atoms in total. The van der Waals surface area contributed by atoms with E-state index in [0.717, 1.165) is 6.07 Å². The molecule has 2 amide bonds. The first-order valence-electron chi connectivity index (χ1n) is 11.2. The van der Waals surface area contributed by atoms with Crippen molar-refractivity contribution in [2.75, 3.05) is 31.1 Å². The van der Waals surface area contributed by atoms with Gasteiger partial charge in [0.05, 0.1) is 11.1 Å². The van der Waals surface area contributed by atoms with Crippen LogP contribution in [0.25, 0.3) is 0 Å². The number of nitrogens with zero attached hydrogens (tertiary/aromatic N) is 4. The summed E-state index contributed by atoms with van der Waals surface area (Å²) in [5, 5.41) is 7.91. The second kappa shape index (κ2) is 10.6. The molecule has 1 aliphatic heterocycles. The first kappa shape index (κ1) is 25.6. The SMILES string of the molecule is NC(=O)C(OC(=O)c1ccc(N2CCN(C(=O)c3ccccc3C(F)(F)F)CC2)nn1)c1ccccc1. The van der Waals surface area contributed by atoms with Crippen LogP contribution in [0, 0.1) is 0 Å². The number of carbonyl (C=O) groups is 3. The van der Waals surface area contributed by atoms with Crippen LogP contribution in [-0.4, -0.2) is 59.1 Å². The molecule has 1 atom stereocenters. The van der Waals surface area contributed by atoms with Crippen LogP contribution in [0.4, 0.5) is 19.0 Å². The Morgan fingerprint density at radius 1 is 0.865 bits per heavy atom. The summed E-state index contributed by atoms with van der Waals surface area (Å²) >= 11 is 0. The molecule has 2 aromatic carbocycles. The zero-order chi connectivity index (χ0) is 26.6. The Labute approximate surface area is 209 Å². The molecule has 2 N–H and O–H groups in total. The van der Waals surface area contributed by atoms with E-state index in [2.05, 4.69) is 10.2 Å². The lowest BCUT2D eigenvalue weighted by Crippen LogP contribution is -2.49. The van der Waals surface area contributed by atoms with E-state index < -0.39 is 41.2 Å². The third-order valence-electron chi connectivity index (χ3n) is 5.80. The van der Waals surface area contributed by atoms with Crippen molar-refractivity contribution < 1.29 is 32.3 Å². The van der Waals surface area contributed by atoms with Gasteiger partial charge in [-0.05, 0) is 24.3 Å². The van der Waals surface area contributed by atoms with Crippen LogP contribution < -0.4 is 10.6 Å². The predicted octanol–water partition coefficient (Wildman–Crippen LogP) is 2.84. The zero-order valence-corrected chi connectivity index (χ0v) is 19.4.